The van der Waals surface area contributed by atoms with E-state index < -0.39 is 28.9 Å². The third-order valence-electron chi connectivity index (χ3n) is 3.32. The first-order valence-electron chi connectivity index (χ1n) is 6.09. The van der Waals surface area contributed by atoms with Crippen LogP contribution in [-0.2, 0) is 6.42 Å². The highest BCUT2D eigenvalue weighted by Crippen LogP contribution is 2.38. The molecule has 0 N–H and O–H groups in total. The van der Waals surface area contributed by atoms with Gasteiger partial charge in [-0.3, -0.25) is 0 Å². The quantitative estimate of drug-likeness (QED) is 0.747. The number of hydrogen-bond acceptors (Lipinski definition) is 1. The zero-order valence-electron chi connectivity index (χ0n) is 10.2. The third kappa shape index (κ3) is 2.24. The Morgan fingerprint density at radius 2 is 1.75 bits per heavy atom. The van der Waals surface area contributed by atoms with Gasteiger partial charge in [-0.1, -0.05) is 18.2 Å². The Balaban J connectivity index is 1.90. The van der Waals surface area contributed by atoms with E-state index in [-0.39, 0.29) is 5.56 Å². The van der Waals surface area contributed by atoms with Crippen LogP contribution in [0.3, 0.4) is 0 Å². The molecular formula is C15H10ClF3O. The second-order valence-corrected chi connectivity index (χ2v) is 5.12. The van der Waals surface area contributed by atoms with Gasteiger partial charge < -0.3 is 4.74 Å². The molecule has 1 aliphatic heterocycles. The SMILES string of the molecule is Fc1cc(F)c(C(Cl)C2Cc3ccccc3O2)c(F)c1. The Morgan fingerprint density at radius 1 is 1.10 bits per heavy atom. The number of halogens is 4. The highest BCUT2D eigenvalue weighted by atomic mass is 35.5. The normalized spacial score (nSPS) is 18.5. The monoisotopic (exact) mass is 298 g/mol. The minimum atomic E-state index is -1.02. The molecule has 0 radical (unpaired) electrons. The van der Waals surface area contributed by atoms with Crippen molar-refractivity contribution in [3.05, 3.63) is 65.0 Å². The second-order valence-electron chi connectivity index (χ2n) is 4.65. The lowest BCUT2D eigenvalue weighted by Gasteiger charge is -2.18. The zero-order chi connectivity index (χ0) is 14.3. The van der Waals surface area contributed by atoms with E-state index in [0.717, 1.165) is 5.56 Å². The fourth-order valence-electron chi connectivity index (χ4n) is 2.37. The van der Waals surface area contributed by atoms with Crippen molar-refractivity contribution < 1.29 is 17.9 Å². The third-order valence-corrected chi connectivity index (χ3v) is 3.82. The topological polar surface area (TPSA) is 9.23 Å². The van der Waals surface area contributed by atoms with Crippen LogP contribution in [0.1, 0.15) is 16.5 Å². The predicted molar refractivity (Wildman–Crippen MR) is 69.5 cm³/mol. The summed E-state index contributed by atoms with van der Waals surface area (Å²) < 4.78 is 46.0. The van der Waals surface area contributed by atoms with Crippen molar-refractivity contribution >= 4 is 11.6 Å². The summed E-state index contributed by atoms with van der Waals surface area (Å²) in [5.74, 6) is -2.31. The highest BCUT2D eigenvalue weighted by Gasteiger charge is 2.33. The van der Waals surface area contributed by atoms with E-state index in [4.69, 9.17) is 16.3 Å². The summed E-state index contributed by atoms with van der Waals surface area (Å²) in [6.45, 7) is 0. The van der Waals surface area contributed by atoms with Gasteiger partial charge in [-0.15, -0.1) is 11.6 Å². The van der Waals surface area contributed by atoms with E-state index in [1.54, 1.807) is 6.07 Å². The number of hydrogen-bond donors (Lipinski definition) is 0. The Morgan fingerprint density at radius 3 is 2.40 bits per heavy atom. The standard InChI is InChI=1S/C15H10ClF3O/c16-15(14-10(18)6-9(17)7-11(14)19)13-5-8-3-1-2-4-12(8)20-13/h1-4,6-7,13,15H,5H2. The molecule has 2 unspecified atom stereocenters. The van der Waals surface area contributed by atoms with Crippen LogP contribution in [0.5, 0.6) is 5.75 Å². The van der Waals surface area contributed by atoms with Crippen LogP contribution in [0.25, 0.3) is 0 Å². The number of benzene rings is 2. The Labute approximate surface area is 118 Å². The van der Waals surface area contributed by atoms with Crippen molar-refractivity contribution in [2.45, 2.75) is 17.9 Å². The van der Waals surface area contributed by atoms with Gasteiger partial charge in [-0.2, -0.15) is 0 Å². The van der Waals surface area contributed by atoms with Crippen LogP contribution >= 0.6 is 11.6 Å². The number of fused-ring (bicyclic) bond motifs is 1. The molecule has 1 aliphatic rings. The lowest BCUT2D eigenvalue weighted by molar-refractivity contribution is 0.223. The minimum Gasteiger partial charge on any atom is -0.488 e. The average molecular weight is 299 g/mol. The molecule has 104 valence electrons. The molecule has 0 aromatic heterocycles. The summed E-state index contributed by atoms with van der Waals surface area (Å²) in [4.78, 5) is 0. The van der Waals surface area contributed by atoms with Gasteiger partial charge in [0.1, 0.15) is 34.7 Å². The van der Waals surface area contributed by atoms with E-state index in [1.807, 2.05) is 18.2 Å². The van der Waals surface area contributed by atoms with Crippen LogP contribution in [0.2, 0.25) is 0 Å². The van der Waals surface area contributed by atoms with Gasteiger partial charge in [0.2, 0.25) is 0 Å². The predicted octanol–water partition coefficient (Wildman–Crippen LogP) is 4.39. The maximum atomic E-state index is 13.7. The Bertz CT molecular complexity index is 611. The molecule has 2 aromatic rings. The van der Waals surface area contributed by atoms with E-state index in [0.29, 0.717) is 24.3 Å². The van der Waals surface area contributed by atoms with Crippen molar-refractivity contribution in [2.24, 2.45) is 0 Å². The molecule has 1 nitrogen and oxygen atoms in total. The van der Waals surface area contributed by atoms with Crippen molar-refractivity contribution in [3.63, 3.8) is 0 Å². The number of para-hydroxylation sites is 1. The highest BCUT2D eigenvalue weighted by molar-refractivity contribution is 6.21. The summed E-state index contributed by atoms with van der Waals surface area (Å²) in [5, 5.41) is -1.02. The van der Waals surface area contributed by atoms with Crippen LogP contribution in [0.15, 0.2) is 36.4 Å². The first-order chi connectivity index (χ1) is 9.56. The molecule has 0 spiro atoms. The molecule has 0 saturated carbocycles. The molecule has 1 heterocycles. The molecule has 0 bridgehead atoms. The van der Waals surface area contributed by atoms with Crippen LogP contribution < -0.4 is 4.74 Å². The van der Waals surface area contributed by atoms with E-state index in [1.165, 1.54) is 0 Å². The van der Waals surface area contributed by atoms with Gasteiger partial charge in [-0.25, -0.2) is 13.2 Å². The Hall–Kier alpha value is -1.68. The van der Waals surface area contributed by atoms with Crippen molar-refractivity contribution in [2.75, 3.05) is 0 Å². The maximum Gasteiger partial charge on any atom is 0.133 e. The van der Waals surface area contributed by atoms with Crippen LogP contribution in [0, 0.1) is 17.5 Å². The van der Waals surface area contributed by atoms with E-state index in [2.05, 4.69) is 0 Å². The maximum absolute atomic E-state index is 13.7. The first-order valence-corrected chi connectivity index (χ1v) is 6.53. The van der Waals surface area contributed by atoms with Gasteiger partial charge in [0.15, 0.2) is 0 Å². The van der Waals surface area contributed by atoms with Crippen molar-refractivity contribution in [1.29, 1.82) is 0 Å². The fraction of sp³-hybridized carbons (Fsp3) is 0.200. The molecular weight excluding hydrogens is 289 g/mol. The summed E-state index contributed by atoms with van der Waals surface area (Å²) in [6.07, 6.45) is -0.121. The lowest BCUT2D eigenvalue weighted by atomic mass is 10.0. The van der Waals surface area contributed by atoms with E-state index >= 15 is 0 Å². The van der Waals surface area contributed by atoms with Gasteiger partial charge in [0, 0.05) is 24.1 Å². The zero-order valence-corrected chi connectivity index (χ0v) is 11.0. The van der Waals surface area contributed by atoms with Gasteiger partial charge in [0.25, 0.3) is 0 Å². The van der Waals surface area contributed by atoms with Crippen molar-refractivity contribution in [1.82, 2.24) is 0 Å². The van der Waals surface area contributed by atoms with Crippen LogP contribution in [-0.4, -0.2) is 6.10 Å². The number of ether oxygens (including phenoxy) is 1. The molecule has 20 heavy (non-hydrogen) atoms. The van der Waals surface area contributed by atoms with Gasteiger partial charge >= 0.3 is 0 Å². The molecule has 0 saturated heterocycles. The van der Waals surface area contributed by atoms with Crippen molar-refractivity contribution in [3.8, 4) is 5.75 Å². The fourth-order valence-corrected chi connectivity index (χ4v) is 2.72. The van der Waals surface area contributed by atoms with Gasteiger partial charge in [-0.05, 0) is 11.6 Å². The van der Waals surface area contributed by atoms with E-state index in [9.17, 15) is 13.2 Å². The number of rotatable bonds is 2. The number of alkyl halides is 1. The summed E-state index contributed by atoms with van der Waals surface area (Å²) in [6, 6.07) is 8.55. The average Bonchev–Trinajstić information content (AvgIpc) is 2.81. The Kier molecular flexibility index (Phi) is 3.34. The largest absolute Gasteiger partial charge is 0.488 e. The summed E-state index contributed by atoms with van der Waals surface area (Å²) in [5.41, 5.74) is 0.581. The smallest absolute Gasteiger partial charge is 0.133 e. The minimum absolute atomic E-state index is 0.356. The first kappa shape index (κ1) is 13.3. The summed E-state index contributed by atoms with van der Waals surface area (Å²) >= 11 is 6.14. The molecule has 2 atom stereocenters. The molecule has 0 fully saturated rings. The molecule has 3 rings (SSSR count). The molecule has 5 heteroatoms. The van der Waals surface area contributed by atoms with Crippen LogP contribution in [0.4, 0.5) is 13.2 Å². The summed E-state index contributed by atoms with van der Waals surface area (Å²) in [7, 11) is 0. The molecule has 2 aromatic carbocycles. The second kappa shape index (κ2) is 5.02. The van der Waals surface area contributed by atoms with Gasteiger partial charge in [0.05, 0.1) is 0 Å². The molecule has 0 aliphatic carbocycles. The lowest BCUT2D eigenvalue weighted by Crippen LogP contribution is -2.21. The molecule has 0 amide bonds.